The van der Waals surface area contributed by atoms with Crippen LogP contribution >= 0.6 is 0 Å². The lowest BCUT2D eigenvalue weighted by Crippen LogP contribution is -2.30. The van der Waals surface area contributed by atoms with Crippen LogP contribution in [0.1, 0.15) is 19.4 Å². The summed E-state index contributed by atoms with van der Waals surface area (Å²) in [5, 5.41) is 0. The molecule has 0 aliphatic heterocycles. The molecule has 1 aromatic heterocycles. The number of rotatable bonds is 5. The van der Waals surface area contributed by atoms with Crippen molar-refractivity contribution in [2.75, 3.05) is 6.54 Å². The summed E-state index contributed by atoms with van der Waals surface area (Å²) in [7, 11) is 0. The molecule has 0 aliphatic carbocycles. The Morgan fingerprint density at radius 1 is 1.50 bits per heavy atom. The van der Waals surface area contributed by atoms with Crippen molar-refractivity contribution in [3.63, 3.8) is 0 Å². The number of halogens is 1. The Morgan fingerprint density at radius 3 is 2.64 bits per heavy atom. The summed E-state index contributed by atoms with van der Waals surface area (Å²) in [5.74, 6) is 0.215. The predicted molar refractivity (Wildman–Crippen MR) is 54.7 cm³/mol. The molecular formula is C11H18FNO. The first-order valence-electron chi connectivity index (χ1n) is 5.00. The van der Waals surface area contributed by atoms with E-state index in [-0.39, 0.29) is 11.8 Å². The first-order chi connectivity index (χ1) is 6.65. The minimum Gasteiger partial charge on any atom is -0.472 e. The van der Waals surface area contributed by atoms with Crippen molar-refractivity contribution in [2.24, 2.45) is 17.6 Å². The highest BCUT2D eigenvalue weighted by Crippen LogP contribution is 2.20. The van der Waals surface area contributed by atoms with Crippen LogP contribution in [0.25, 0.3) is 0 Å². The van der Waals surface area contributed by atoms with E-state index in [1.807, 2.05) is 13.8 Å². The molecule has 2 atom stereocenters. The van der Waals surface area contributed by atoms with Gasteiger partial charge in [-0.25, -0.2) is 4.39 Å². The van der Waals surface area contributed by atoms with Crippen molar-refractivity contribution in [1.82, 2.24) is 0 Å². The average Bonchev–Trinajstić information content (AvgIpc) is 2.57. The lowest BCUT2D eigenvalue weighted by Gasteiger charge is -2.22. The fourth-order valence-corrected chi connectivity index (χ4v) is 1.62. The van der Waals surface area contributed by atoms with E-state index in [1.165, 1.54) is 0 Å². The number of hydrogen-bond donors (Lipinski definition) is 1. The lowest BCUT2D eigenvalue weighted by atomic mass is 9.88. The van der Waals surface area contributed by atoms with Crippen LogP contribution in [0, 0.1) is 11.8 Å². The molecule has 0 radical (unpaired) electrons. The van der Waals surface area contributed by atoms with E-state index < -0.39 is 6.17 Å². The molecule has 1 rings (SSSR count). The first kappa shape index (κ1) is 11.2. The van der Waals surface area contributed by atoms with Gasteiger partial charge in [0.15, 0.2) is 0 Å². The largest absolute Gasteiger partial charge is 0.472 e. The van der Waals surface area contributed by atoms with E-state index >= 15 is 0 Å². The Hall–Kier alpha value is -0.830. The molecule has 2 nitrogen and oxygen atoms in total. The van der Waals surface area contributed by atoms with Crippen LogP contribution in [0.4, 0.5) is 4.39 Å². The monoisotopic (exact) mass is 199 g/mol. The highest BCUT2D eigenvalue weighted by Gasteiger charge is 2.23. The van der Waals surface area contributed by atoms with Gasteiger partial charge in [0.25, 0.3) is 0 Å². The highest BCUT2D eigenvalue weighted by molar-refractivity contribution is 5.07. The van der Waals surface area contributed by atoms with Crippen LogP contribution in [0.3, 0.4) is 0 Å². The molecule has 0 spiro atoms. The van der Waals surface area contributed by atoms with Crippen LogP contribution in [-0.4, -0.2) is 12.7 Å². The third kappa shape index (κ3) is 2.84. The molecule has 2 unspecified atom stereocenters. The summed E-state index contributed by atoms with van der Waals surface area (Å²) >= 11 is 0. The lowest BCUT2D eigenvalue weighted by molar-refractivity contribution is 0.185. The van der Waals surface area contributed by atoms with Crippen LogP contribution in [0.2, 0.25) is 0 Å². The number of furan rings is 1. The maximum atomic E-state index is 13.8. The molecule has 80 valence electrons. The Bertz CT molecular complexity index is 246. The van der Waals surface area contributed by atoms with Crippen LogP contribution in [0.15, 0.2) is 23.0 Å². The Morgan fingerprint density at radius 2 is 2.21 bits per heavy atom. The van der Waals surface area contributed by atoms with E-state index in [4.69, 9.17) is 10.2 Å². The topological polar surface area (TPSA) is 39.2 Å². The van der Waals surface area contributed by atoms with Crippen molar-refractivity contribution in [3.05, 3.63) is 24.2 Å². The van der Waals surface area contributed by atoms with Gasteiger partial charge in [0.1, 0.15) is 6.17 Å². The molecule has 0 amide bonds. The second-order valence-corrected chi connectivity index (χ2v) is 4.00. The summed E-state index contributed by atoms with van der Waals surface area (Å²) in [5.41, 5.74) is 6.44. The zero-order valence-electron chi connectivity index (χ0n) is 8.74. The van der Waals surface area contributed by atoms with Gasteiger partial charge in [-0.1, -0.05) is 13.8 Å². The minimum atomic E-state index is -0.877. The zero-order valence-corrected chi connectivity index (χ0v) is 8.74. The van der Waals surface area contributed by atoms with E-state index in [9.17, 15) is 4.39 Å². The predicted octanol–water partition coefficient (Wildman–Crippen LogP) is 2.39. The number of alkyl halides is 1. The second kappa shape index (κ2) is 5.15. The Balaban J connectivity index is 2.51. The Labute approximate surface area is 84.3 Å². The van der Waals surface area contributed by atoms with Crippen molar-refractivity contribution < 1.29 is 8.81 Å². The van der Waals surface area contributed by atoms with E-state index in [0.29, 0.717) is 13.0 Å². The molecule has 14 heavy (non-hydrogen) atoms. The molecule has 0 saturated heterocycles. The van der Waals surface area contributed by atoms with Gasteiger partial charge in [0.2, 0.25) is 0 Å². The standard InChI is InChI=1S/C11H18FNO/c1-8(2)10(6-13)11(12)5-9-3-4-14-7-9/h3-4,7-8,10-11H,5-6,13H2,1-2H3. The maximum absolute atomic E-state index is 13.8. The Kier molecular flexibility index (Phi) is 4.14. The third-order valence-electron chi connectivity index (χ3n) is 2.60. The van der Waals surface area contributed by atoms with Crippen molar-refractivity contribution >= 4 is 0 Å². The summed E-state index contributed by atoms with van der Waals surface area (Å²) in [4.78, 5) is 0. The van der Waals surface area contributed by atoms with Gasteiger partial charge in [0.05, 0.1) is 12.5 Å². The van der Waals surface area contributed by atoms with E-state index in [0.717, 1.165) is 5.56 Å². The SMILES string of the molecule is CC(C)C(CN)C(F)Cc1ccoc1. The smallest absolute Gasteiger partial charge is 0.108 e. The van der Waals surface area contributed by atoms with Crippen LogP contribution in [-0.2, 0) is 6.42 Å². The average molecular weight is 199 g/mol. The first-order valence-corrected chi connectivity index (χ1v) is 5.00. The fourth-order valence-electron chi connectivity index (χ4n) is 1.62. The molecular weight excluding hydrogens is 181 g/mol. The van der Waals surface area contributed by atoms with E-state index in [2.05, 4.69) is 0 Å². The second-order valence-electron chi connectivity index (χ2n) is 4.00. The maximum Gasteiger partial charge on any atom is 0.108 e. The van der Waals surface area contributed by atoms with Gasteiger partial charge >= 0.3 is 0 Å². The molecule has 3 heteroatoms. The van der Waals surface area contributed by atoms with Gasteiger partial charge in [0, 0.05) is 12.3 Å². The van der Waals surface area contributed by atoms with Gasteiger partial charge in [-0.15, -0.1) is 0 Å². The van der Waals surface area contributed by atoms with Gasteiger partial charge < -0.3 is 10.2 Å². The fraction of sp³-hybridized carbons (Fsp3) is 0.636. The van der Waals surface area contributed by atoms with Gasteiger partial charge in [-0.05, 0) is 24.1 Å². The number of nitrogens with two attached hydrogens (primary N) is 1. The minimum absolute atomic E-state index is 0.0649. The van der Waals surface area contributed by atoms with Crippen LogP contribution < -0.4 is 5.73 Å². The highest BCUT2D eigenvalue weighted by atomic mass is 19.1. The third-order valence-corrected chi connectivity index (χ3v) is 2.60. The van der Waals surface area contributed by atoms with Gasteiger partial charge in [-0.3, -0.25) is 0 Å². The summed E-state index contributed by atoms with van der Waals surface area (Å²) in [6.45, 7) is 4.40. The normalized spacial score (nSPS) is 15.8. The number of hydrogen-bond acceptors (Lipinski definition) is 2. The molecule has 0 aromatic carbocycles. The summed E-state index contributed by atoms with van der Waals surface area (Å²) < 4.78 is 18.7. The molecule has 2 N–H and O–H groups in total. The molecule has 0 bridgehead atoms. The molecule has 0 saturated carbocycles. The van der Waals surface area contributed by atoms with Crippen LogP contribution in [0.5, 0.6) is 0 Å². The molecule has 0 aliphatic rings. The van der Waals surface area contributed by atoms with Crippen molar-refractivity contribution in [3.8, 4) is 0 Å². The molecule has 0 fully saturated rings. The quantitative estimate of drug-likeness (QED) is 0.790. The van der Waals surface area contributed by atoms with Gasteiger partial charge in [-0.2, -0.15) is 0 Å². The van der Waals surface area contributed by atoms with Crippen molar-refractivity contribution in [1.29, 1.82) is 0 Å². The van der Waals surface area contributed by atoms with Crippen molar-refractivity contribution in [2.45, 2.75) is 26.4 Å². The van der Waals surface area contributed by atoms with E-state index in [1.54, 1.807) is 18.6 Å². The molecule has 1 heterocycles. The zero-order chi connectivity index (χ0) is 10.6. The molecule has 1 aromatic rings. The summed E-state index contributed by atoms with van der Waals surface area (Å²) in [6.07, 6.45) is 2.67. The summed E-state index contributed by atoms with van der Waals surface area (Å²) in [6, 6.07) is 1.79.